The molecule has 1 aliphatic carbocycles. The molecule has 1 fully saturated rings. The summed E-state index contributed by atoms with van der Waals surface area (Å²) in [5.74, 6) is -1.22. The van der Waals surface area contributed by atoms with E-state index in [1.165, 1.54) is 10.7 Å². The first-order valence-corrected chi connectivity index (χ1v) is 9.23. The van der Waals surface area contributed by atoms with E-state index in [0.717, 1.165) is 18.9 Å². The standard InChI is InChI=1S/C19H18F5N5O/c1-28(2)18-25-16-14(17(30)26-18)13(8-20)27-29(16)15(9-3-4-9)10-5-6-11(12(21)7-10)19(22,23)24/h5-7,9,15H,3-4,8H2,1-2H3,(H,25,26,30)/t15-/m1/s1. The summed E-state index contributed by atoms with van der Waals surface area (Å²) in [4.78, 5) is 21.0. The fraction of sp³-hybridized carbons (Fsp3) is 0.421. The van der Waals surface area contributed by atoms with E-state index >= 15 is 0 Å². The lowest BCUT2D eigenvalue weighted by Crippen LogP contribution is -2.21. The average molecular weight is 427 g/mol. The summed E-state index contributed by atoms with van der Waals surface area (Å²) >= 11 is 0. The molecule has 1 aromatic carbocycles. The lowest BCUT2D eigenvalue weighted by molar-refractivity contribution is -0.140. The number of rotatable bonds is 5. The zero-order valence-electron chi connectivity index (χ0n) is 16.1. The highest BCUT2D eigenvalue weighted by molar-refractivity contribution is 5.78. The van der Waals surface area contributed by atoms with Crippen LogP contribution in [0.3, 0.4) is 0 Å². The maximum Gasteiger partial charge on any atom is 0.419 e. The van der Waals surface area contributed by atoms with Crippen molar-refractivity contribution in [3.05, 3.63) is 51.2 Å². The second kappa shape index (κ2) is 7.06. The monoisotopic (exact) mass is 427 g/mol. The van der Waals surface area contributed by atoms with E-state index in [1.54, 1.807) is 19.0 Å². The number of fused-ring (bicyclic) bond motifs is 1. The van der Waals surface area contributed by atoms with Gasteiger partial charge in [-0.1, -0.05) is 6.07 Å². The normalized spacial score (nSPS) is 15.6. The number of hydrogen-bond donors (Lipinski definition) is 1. The topological polar surface area (TPSA) is 66.8 Å². The molecule has 160 valence electrons. The third-order valence-corrected chi connectivity index (χ3v) is 5.14. The van der Waals surface area contributed by atoms with Crippen molar-refractivity contribution < 1.29 is 22.0 Å². The minimum atomic E-state index is -4.81. The lowest BCUT2D eigenvalue weighted by atomic mass is 10.0. The number of alkyl halides is 4. The van der Waals surface area contributed by atoms with Crippen LogP contribution in [0, 0.1) is 11.7 Å². The van der Waals surface area contributed by atoms with Crippen LogP contribution in [-0.2, 0) is 12.9 Å². The van der Waals surface area contributed by atoms with Gasteiger partial charge in [0.25, 0.3) is 5.56 Å². The number of anilines is 1. The van der Waals surface area contributed by atoms with Crippen molar-refractivity contribution >= 4 is 17.0 Å². The SMILES string of the molecule is CN(C)c1nc2c(c(CF)nn2[C@@H](c2ccc(C(F)(F)F)c(F)c2)C2CC2)c(=O)[nH]1. The quantitative estimate of drug-likeness (QED) is 0.629. The van der Waals surface area contributed by atoms with Crippen LogP contribution in [0.5, 0.6) is 0 Å². The highest BCUT2D eigenvalue weighted by atomic mass is 19.4. The summed E-state index contributed by atoms with van der Waals surface area (Å²) < 4.78 is 68.0. The predicted molar refractivity (Wildman–Crippen MR) is 99.6 cm³/mol. The van der Waals surface area contributed by atoms with Gasteiger partial charge < -0.3 is 4.90 Å². The van der Waals surface area contributed by atoms with Gasteiger partial charge in [-0.2, -0.15) is 23.3 Å². The van der Waals surface area contributed by atoms with Crippen molar-refractivity contribution in [2.24, 2.45) is 5.92 Å². The molecule has 6 nitrogen and oxygen atoms in total. The Morgan fingerprint density at radius 3 is 2.53 bits per heavy atom. The number of H-pyrrole nitrogens is 1. The number of hydrogen-bond acceptors (Lipinski definition) is 4. The molecule has 11 heteroatoms. The molecule has 0 saturated heterocycles. The van der Waals surface area contributed by atoms with Crippen LogP contribution in [0.1, 0.15) is 35.7 Å². The van der Waals surface area contributed by atoms with Crippen LogP contribution < -0.4 is 10.5 Å². The van der Waals surface area contributed by atoms with E-state index in [-0.39, 0.29) is 34.2 Å². The summed E-state index contributed by atoms with van der Waals surface area (Å²) in [6.45, 7) is -1.02. The summed E-state index contributed by atoms with van der Waals surface area (Å²) in [5.41, 5.74) is -1.70. The van der Waals surface area contributed by atoms with E-state index in [2.05, 4.69) is 15.1 Å². The Balaban J connectivity index is 1.92. The van der Waals surface area contributed by atoms with Crippen LogP contribution >= 0.6 is 0 Å². The Morgan fingerprint density at radius 2 is 2.00 bits per heavy atom. The maximum absolute atomic E-state index is 14.2. The molecule has 0 spiro atoms. The van der Waals surface area contributed by atoms with Crippen LogP contribution in [0.25, 0.3) is 11.0 Å². The Kier molecular flexibility index (Phi) is 4.78. The number of nitrogens with zero attached hydrogens (tertiary/aromatic N) is 4. The molecule has 2 heterocycles. The average Bonchev–Trinajstić information content (AvgIpc) is 3.42. The summed E-state index contributed by atoms with van der Waals surface area (Å²) in [5, 5.41) is 4.18. The third-order valence-electron chi connectivity index (χ3n) is 5.14. The molecule has 0 aliphatic heterocycles. The van der Waals surface area contributed by atoms with E-state index in [9.17, 15) is 26.7 Å². The zero-order valence-corrected chi connectivity index (χ0v) is 16.1. The van der Waals surface area contributed by atoms with Crippen molar-refractivity contribution in [3.63, 3.8) is 0 Å². The molecule has 0 bridgehead atoms. The third kappa shape index (κ3) is 3.41. The smallest absolute Gasteiger partial charge is 0.348 e. The molecule has 0 radical (unpaired) electrons. The molecule has 0 amide bonds. The maximum atomic E-state index is 14.2. The van der Waals surface area contributed by atoms with Crippen LogP contribution in [0.15, 0.2) is 23.0 Å². The second-order valence-electron chi connectivity index (χ2n) is 7.53. The molecular weight excluding hydrogens is 409 g/mol. The first-order valence-electron chi connectivity index (χ1n) is 9.23. The molecule has 0 unspecified atom stereocenters. The van der Waals surface area contributed by atoms with Crippen LogP contribution in [0.2, 0.25) is 0 Å². The first-order chi connectivity index (χ1) is 14.1. The van der Waals surface area contributed by atoms with Gasteiger partial charge in [-0.15, -0.1) is 0 Å². The number of aromatic amines is 1. The van der Waals surface area contributed by atoms with Crippen molar-refractivity contribution in [1.29, 1.82) is 0 Å². The molecule has 4 rings (SSSR count). The lowest BCUT2D eigenvalue weighted by Gasteiger charge is -2.20. The fourth-order valence-corrected chi connectivity index (χ4v) is 3.57. The van der Waals surface area contributed by atoms with Gasteiger partial charge in [0.2, 0.25) is 5.95 Å². The van der Waals surface area contributed by atoms with E-state index in [0.29, 0.717) is 6.07 Å². The molecular formula is C19H18F5N5O. The Hall–Kier alpha value is -2.98. The second-order valence-corrected chi connectivity index (χ2v) is 7.53. The zero-order chi connectivity index (χ0) is 21.8. The number of nitrogens with one attached hydrogen (secondary N) is 1. The minimum Gasteiger partial charge on any atom is -0.348 e. The van der Waals surface area contributed by atoms with E-state index < -0.39 is 35.8 Å². The van der Waals surface area contributed by atoms with Gasteiger partial charge in [0.15, 0.2) is 5.65 Å². The minimum absolute atomic E-state index is 0.0267. The number of halogens is 5. The summed E-state index contributed by atoms with van der Waals surface area (Å²) in [7, 11) is 3.31. The summed E-state index contributed by atoms with van der Waals surface area (Å²) in [6, 6.07) is 2.04. The van der Waals surface area contributed by atoms with E-state index in [1.807, 2.05) is 0 Å². The van der Waals surface area contributed by atoms with Gasteiger partial charge in [-0.05, 0) is 36.5 Å². The summed E-state index contributed by atoms with van der Waals surface area (Å²) in [6.07, 6.45) is -3.33. The van der Waals surface area contributed by atoms with Gasteiger partial charge in [-0.3, -0.25) is 9.78 Å². The highest BCUT2D eigenvalue weighted by Crippen LogP contribution is 2.45. The van der Waals surface area contributed by atoms with Crippen molar-refractivity contribution in [2.45, 2.75) is 31.7 Å². The highest BCUT2D eigenvalue weighted by Gasteiger charge is 2.39. The van der Waals surface area contributed by atoms with E-state index in [4.69, 9.17) is 0 Å². The molecule has 30 heavy (non-hydrogen) atoms. The fourth-order valence-electron chi connectivity index (χ4n) is 3.57. The van der Waals surface area contributed by atoms with Gasteiger partial charge in [0.1, 0.15) is 23.6 Å². The van der Waals surface area contributed by atoms with Crippen LogP contribution in [-0.4, -0.2) is 33.8 Å². The van der Waals surface area contributed by atoms with Crippen molar-refractivity contribution in [3.8, 4) is 0 Å². The van der Waals surface area contributed by atoms with Gasteiger partial charge >= 0.3 is 6.18 Å². The number of benzene rings is 1. The Bertz CT molecular complexity index is 1160. The van der Waals surface area contributed by atoms with Crippen LogP contribution in [0.4, 0.5) is 27.9 Å². The van der Waals surface area contributed by atoms with Crippen molar-refractivity contribution in [1.82, 2.24) is 19.7 Å². The molecule has 3 aromatic rings. The Morgan fingerprint density at radius 1 is 1.30 bits per heavy atom. The predicted octanol–water partition coefficient (Wildman–Crippen LogP) is 3.81. The largest absolute Gasteiger partial charge is 0.419 e. The molecule has 1 saturated carbocycles. The molecule has 2 aromatic heterocycles. The molecule has 1 atom stereocenters. The van der Waals surface area contributed by atoms with Gasteiger partial charge in [-0.25, -0.2) is 13.5 Å². The Labute approximate surface area is 167 Å². The van der Waals surface area contributed by atoms with Crippen molar-refractivity contribution in [2.75, 3.05) is 19.0 Å². The molecule has 1 aliphatic rings. The first kappa shape index (κ1) is 20.3. The number of aromatic nitrogens is 4. The molecule has 1 N–H and O–H groups in total. The van der Waals surface area contributed by atoms with Gasteiger partial charge in [0.05, 0.1) is 11.6 Å². The van der Waals surface area contributed by atoms with Gasteiger partial charge in [0, 0.05) is 14.1 Å².